The van der Waals surface area contributed by atoms with Crippen LogP contribution < -0.4 is 19.1 Å². The van der Waals surface area contributed by atoms with Gasteiger partial charge in [-0.05, 0) is 42.3 Å². The van der Waals surface area contributed by atoms with E-state index in [1.165, 1.54) is 24.9 Å². The predicted molar refractivity (Wildman–Crippen MR) is 159 cm³/mol. The first kappa shape index (κ1) is 30.5. The number of amides is 2. The van der Waals surface area contributed by atoms with Crippen LogP contribution in [-0.4, -0.2) is 63.7 Å². The first-order chi connectivity index (χ1) is 19.6. The molecule has 0 aliphatic carbocycles. The van der Waals surface area contributed by atoms with Gasteiger partial charge < -0.3 is 19.7 Å². The van der Waals surface area contributed by atoms with Gasteiger partial charge in [-0.15, -0.1) is 0 Å². The fraction of sp³-hybridized carbons (Fsp3) is 0.310. The van der Waals surface area contributed by atoms with Crippen LogP contribution in [-0.2, 0) is 32.6 Å². The van der Waals surface area contributed by atoms with Gasteiger partial charge in [0.1, 0.15) is 25.8 Å². The molecule has 3 aromatic rings. The Labute approximate surface area is 250 Å². The molecule has 0 radical (unpaired) electrons. The number of nitrogens with one attached hydrogen (secondary N) is 1. The van der Waals surface area contributed by atoms with Crippen LogP contribution in [0.5, 0.6) is 11.5 Å². The van der Waals surface area contributed by atoms with E-state index >= 15 is 0 Å². The number of rotatable bonds is 11. The number of fused-ring (bicyclic) bond motifs is 1. The van der Waals surface area contributed by atoms with Crippen LogP contribution >= 0.6 is 23.2 Å². The second kappa shape index (κ2) is 13.5. The Morgan fingerprint density at radius 2 is 1.68 bits per heavy atom. The molecule has 1 aliphatic rings. The van der Waals surface area contributed by atoms with Crippen LogP contribution in [0.2, 0.25) is 10.0 Å². The van der Waals surface area contributed by atoms with Gasteiger partial charge in [0.25, 0.3) is 0 Å². The van der Waals surface area contributed by atoms with E-state index in [4.69, 9.17) is 32.7 Å². The zero-order valence-corrected chi connectivity index (χ0v) is 25.0. The summed E-state index contributed by atoms with van der Waals surface area (Å²) in [6, 6.07) is 17.9. The zero-order chi connectivity index (χ0) is 29.6. The van der Waals surface area contributed by atoms with E-state index in [-0.39, 0.29) is 24.4 Å². The summed E-state index contributed by atoms with van der Waals surface area (Å²) in [5.74, 6) is -0.374. The molecule has 0 aromatic heterocycles. The maximum absolute atomic E-state index is 14.1. The standard InChI is InChI=1S/C29H31Cl2N3O6S/c1-3-41(37,38)34(23-11-12-26-27(17-23)40-14-13-39-26)19-28(35)33(18-21-9-10-22(30)16-24(21)31)25(29(36)32-2)15-20-7-5-4-6-8-20/h4-12,16-17,25H,3,13-15,18-19H2,1-2H3,(H,32,36)/t25-/m0/s1. The number of halogens is 2. The Hall–Kier alpha value is -3.47. The smallest absolute Gasteiger partial charge is 0.244 e. The first-order valence-corrected chi connectivity index (χ1v) is 15.4. The van der Waals surface area contributed by atoms with Crippen LogP contribution in [0.1, 0.15) is 18.1 Å². The number of carbonyl (C=O) groups is 2. The van der Waals surface area contributed by atoms with Crippen molar-refractivity contribution in [3.63, 3.8) is 0 Å². The van der Waals surface area contributed by atoms with Crippen molar-refractivity contribution < 1.29 is 27.5 Å². The largest absolute Gasteiger partial charge is 0.486 e. The van der Waals surface area contributed by atoms with E-state index in [0.29, 0.717) is 40.3 Å². The lowest BCUT2D eigenvalue weighted by molar-refractivity contribution is -0.139. The summed E-state index contributed by atoms with van der Waals surface area (Å²) >= 11 is 12.6. The first-order valence-electron chi connectivity index (χ1n) is 13.0. The number of nitrogens with zero attached hydrogens (tertiary/aromatic N) is 2. The molecule has 9 nitrogen and oxygen atoms in total. The molecule has 0 saturated heterocycles. The maximum Gasteiger partial charge on any atom is 0.244 e. The highest BCUT2D eigenvalue weighted by molar-refractivity contribution is 7.92. The number of ether oxygens (including phenoxy) is 2. The van der Waals surface area contributed by atoms with Crippen molar-refractivity contribution in [2.24, 2.45) is 0 Å². The highest BCUT2D eigenvalue weighted by Crippen LogP contribution is 2.35. The van der Waals surface area contributed by atoms with E-state index in [1.807, 2.05) is 30.3 Å². The van der Waals surface area contributed by atoms with Gasteiger partial charge >= 0.3 is 0 Å². The lowest BCUT2D eigenvalue weighted by Crippen LogP contribution is -2.53. The third-order valence-electron chi connectivity index (χ3n) is 6.67. The van der Waals surface area contributed by atoms with Crippen LogP contribution in [0.4, 0.5) is 5.69 Å². The minimum Gasteiger partial charge on any atom is -0.486 e. The number of likely N-dealkylation sites (N-methyl/N-ethyl adjacent to an activating group) is 1. The van der Waals surface area contributed by atoms with Crippen LogP contribution in [0.3, 0.4) is 0 Å². The Kier molecular flexibility index (Phi) is 10.0. The van der Waals surface area contributed by atoms with Crippen molar-refractivity contribution in [3.05, 3.63) is 87.9 Å². The van der Waals surface area contributed by atoms with Gasteiger partial charge in [0.15, 0.2) is 11.5 Å². The van der Waals surface area contributed by atoms with Gasteiger partial charge in [0, 0.05) is 36.1 Å². The molecule has 1 aliphatic heterocycles. The van der Waals surface area contributed by atoms with Crippen molar-refractivity contribution in [2.45, 2.75) is 25.9 Å². The summed E-state index contributed by atoms with van der Waals surface area (Å²) < 4.78 is 38.8. The summed E-state index contributed by atoms with van der Waals surface area (Å²) in [6.07, 6.45) is 0.196. The molecule has 0 fully saturated rings. The number of hydrogen-bond acceptors (Lipinski definition) is 6. The molecule has 0 bridgehead atoms. The number of benzene rings is 3. The molecule has 0 unspecified atom stereocenters. The highest BCUT2D eigenvalue weighted by atomic mass is 35.5. The molecule has 1 N–H and O–H groups in total. The fourth-order valence-electron chi connectivity index (χ4n) is 4.46. The molecular formula is C29H31Cl2N3O6S. The van der Waals surface area contributed by atoms with E-state index in [9.17, 15) is 18.0 Å². The van der Waals surface area contributed by atoms with Gasteiger partial charge in [-0.2, -0.15) is 0 Å². The molecule has 41 heavy (non-hydrogen) atoms. The minimum atomic E-state index is -3.92. The summed E-state index contributed by atoms with van der Waals surface area (Å²) in [6.45, 7) is 1.59. The lowest BCUT2D eigenvalue weighted by atomic mass is 10.0. The van der Waals surface area contributed by atoms with Crippen LogP contribution in [0, 0.1) is 0 Å². The van der Waals surface area contributed by atoms with Gasteiger partial charge in [-0.1, -0.05) is 59.6 Å². The third-order valence-corrected chi connectivity index (χ3v) is 8.99. The predicted octanol–water partition coefficient (Wildman–Crippen LogP) is 4.31. The van der Waals surface area contributed by atoms with E-state index < -0.39 is 34.4 Å². The monoisotopic (exact) mass is 619 g/mol. The van der Waals surface area contributed by atoms with Crippen molar-refractivity contribution in [1.29, 1.82) is 0 Å². The Morgan fingerprint density at radius 3 is 2.34 bits per heavy atom. The van der Waals surface area contributed by atoms with Gasteiger partial charge in [0.05, 0.1) is 11.4 Å². The van der Waals surface area contributed by atoms with Gasteiger partial charge in [0.2, 0.25) is 21.8 Å². The lowest BCUT2D eigenvalue weighted by Gasteiger charge is -2.34. The molecule has 12 heteroatoms. The zero-order valence-electron chi connectivity index (χ0n) is 22.7. The van der Waals surface area contributed by atoms with E-state index in [0.717, 1.165) is 9.87 Å². The third kappa shape index (κ3) is 7.44. The summed E-state index contributed by atoms with van der Waals surface area (Å²) in [7, 11) is -2.43. The molecular weight excluding hydrogens is 589 g/mol. The number of anilines is 1. The number of carbonyl (C=O) groups excluding carboxylic acids is 2. The molecule has 0 spiro atoms. The number of sulfonamides is 1. The highest BCUT2D eigenvalue weighted by Gasteiger charge is 2.34. The molecule has 0 saturated carbocycles. The average Bonchev–Trinajstić information content (AvgIpc) is 2.98. The molecule has 1 heterocycles. The molecule has 3 aromatic carbocycles. The normalized spacial score (nSPS) is 13.3. The quantitative estimate of drug-likeness (QED) is 0.343. The van der Waals surface area contributed by atoms with Crippen LogP contribution in [0.25, 0.3) is 0 Å². The number of hydrogen-bond donors (Lipinski definition) is 1. The Morgan fingerprint density at radius 1 is 0.976 bits per heavy atom. The Bertz CT molecular complexity index is 1500. The maximum atomic E-state index is 14.1. The average molecular weight is 621 g/mol. The topological polar surface area (TPSA) is 105 Å². The molecule has 2 amide bonds. The second-order valence-electron chi connectivity index (χ2n) is 9.31. The van der Waals surface area contributed by atoms with Crippen molar-refractivity contribution in [1.82, 2.24) is 10.2 Å². The second-order valence-corrected chi connectivity index (χ2v) is 12.3. The molecule has 4 rings (SSSR count). The summed E-state index contributed by atoms with van der Waals surface area (Å²) in [5, 5.41) is 3.38. The van der Waals surface area contributed by atoms with E-state index in [2.05, 4.69) is 5.32 Å². The minimum absolute atomic E-state index is 0.0547. The van der Waals surface area contributed by atoms with Crippen molar-refractivity contribution in [3.8, 4) is 11.5 Å². The summed E-state index contributed by atoms with van der Waals surface area (Å²) in [4.78, 5) is 28.7. The summed E-state index contributed by atoms with van der Waals surface area (Å²) in [5.41, 5.74) is 1.62. The van der Waals surface area contributed by atoms with Gasteiger partial charge in [-0.3, -0.25) is 13.9 Å². The molecule has 1 atom stereocenters. The van der Waals surface area contributed by atoms with Crippen LogP contribution in [0.15, 0.2) is 66.7 Å². The van der Waals surface area contributed by atoms with E-state index in [1.54, 1.807) is 30.3 Å². The Balaban J connectivity index is 1.75. The SMILES string of the molecule is CCS(=O)(=O)N(CC(=O)N(Cc1ccc(Cl)cc1Cl)[C@@H](Cc1ccccc1)C(=O)NC)c1ccc2c(c1)OCCO2. The van der Waals surface area contributed by atoms with Crippen molar-refractivity contribution in [2.75, 3.05) is 36.9 Å². The fourth-order valence-corrected chi connectivity index (χ4v) is 5.98. The van der Waals surface area contributed by atoms with Crippen molar-refractivity contribution >= 4 is 50.7 Å². The van der Waals surface area contributed by atoms with Gasteiger partial charge in [-0.25, -0.2) is 8.42 Å². The molecule has 218 valence electrons.